The summed E-state index contributed by atoms with van der Waals surface area (Å²) in [6.07, 6.45) is 3.03. The normalized spacial score (nSPS) is 19.2. The molecule has 0 unspecified atom stereocenters. The summed E-state index contributed by atoms with van der Waals surface area (Å²) in [6.45, 7) is 5.98. The summed E-state index contributed by atoms with van der Waals surface area (Å²) in [6, 6.07) is 0. The zero-order valence-electron chi connectivity index (χ0n) is 14.4. The third-order valence-corrected chi connectivity index (χ3v) is 5.36. The summed E-state index contributed by atoms with van der Waals surface area (Å²) in [7, 11) is 0. The van der Waals surface area contributed by atoms with Crippen LogP contribution < -0.4 is 0 Å². The Morgan fingerprint density at radius 3 is 3.04 bits per heavy atom. The Kier molecular flexibility index (Phi) is 7.17. The fourth-order valence-corrected chi connectivity index (χ4v) is 3.86. The summed E-state index contributed by atoms with van der Waals surface area (Å²) in [5.41, 5.74) is 0.791. The first-order valence-corrected chi connectivity index (χ1v) is 9.43. The van der Waals surface area contributed by atoms with Crippen LogP contribution in [0.15, 0.2) is 5.38 Å². The zero-order chi connectivity index (χ0) is 17.5. The highest BCUT2D eigenvalue weighted by atomic mass is 32.1. The molecule has 6 nitrogen and oxygen atoms in total. The Labute approximate surface area is 146 Å². The van der Waals surface area contributed by atoms with Crippen LogP contribution in [0.1, 0.15) is 56.3 Å². The van der Waals surface area contributed by atoms with Crippen LogP contribution in [0.4, 0.5) is 0 Å². The van der Waals surface area contributed by atoms with E-state index in [0.717, 1.165) is 30.1 Å². The first-order chi connectivity index (χ1) is 11.5. The lowest BCUT2D eigenvalue weighted by molar-refractivity contribution is -0.137. The SMILES string of the molecule is CCO[C@@H](C)c1nc(CC(=O)N2CCC[C@H](CCC(=O)O)C2)cs1. The number of aromatic nitrogens is 1. The maximum absolute atomic E-state index is 12.5. The number of thiazole rings is 1. The molecule has 0 radical (unpaired) electrons. The van der Waals surface area contributed by atoms with Crippen molar-refractivity contribution < 1.29 is 19.4 Å². The molecule has 0 aromatic carbocycles. The van der Waals surface area contributed by atoms with Gasteiger partial charge >= 0.3 is 5.97 Å². The van der Waals surface area contributed by atoms with Gasteiger partial charge in [-0.15, -0.1) is 11.3 Å². The van der Waals surface area contributed by atoms with Crippen molar-refractivity contribution in [3.05, 3.63) is 16.1 Å². The number of piperidine rings is 1. The number of carbonyl (C=O) groups is 2. The molecular weight excluding hydrogens is 328 g/mol. The van der Waals surface area contributed by atoms with E-state index in [9.17, 15) is 9.59 Å². The highest BCUT2D eigenvalue weighted by molar-refractivity contribution is 7.09. The van der Waals surface area contributed by atoms with E-state index in [1.807, 2.05) is 24.1 Å². The Morgan fingerprint density at radius 2 is 2.33 bits per heavy atom. The van der Waals surface area contributed by atoms with Gasteiger partial charge in [0.15, 0.2) is 0 Å². The van der Waals surface area contributed by atoms with Crippen LogP contribution in [0, 0.1) is 5.92 Å². The van der Waals surface area contributed by atoms with E-state index in [1.165, 1.54) is 11.3 Å². The molecule has 0 spiro atoms. The van der Waals surface area contributed by atoms with E-state index >= 15 is 0 Å². The molecule has 1 aliphatic rings. The van der Waals surface area contributed by atoms with Crippen molar-refractivity contribution in [3.63, 3.8) is 0 Å². The molecule has 0 saturated carbocycles. The van der Waals surface area contributed by atoms with Crippen LogP contribution in [0.5, 0.6) is 0 Å². The molecule has 2 heterocycles. The quantitative estimate of drug-likeness (QED) is 0.776. The van der Waals surface area contributed by atoms with Crippen molar-refractivity contribution in [2.45, 2.75) is 52.1 Å². The van der Waals surface area contributed by atoms with Crippen LogP contribution in [-0.4, -0.2) is 46.6 Å². The van der Waals surface area contributed by atoms with Gasteiger partial charge < -0.3 is 14.7 Å². The number of carboxylic acids is 1. The summed E-state index contributed by atoms with van der Waals surface area (Å²) in [5, 5.41) is 11.6. The number of amides is 1. The van der Waals surface area contributed by atoms with Crippen LogP contribution in [-0.2, 0) is 20.7 Å². The first kappa shape index (κ1) is 18.9. The lowest BCUT2D eigenvalue weighted by Crippen LogP contribution is -2.40. The predicted molar refractivity (Wildman–Crippen MR) is 92.0 cm³/mol. The van der Waals surface area contributed by atoms with Crippen molar-refractivity contribution in [2.24, 2.45) is 5.92 Å². The number of rotatable bonds is 8. The molecule has 1 aliphatic heterocycles. The van der Waals surface area contributed by atoms with Gasteiger partial charge in [-0.3, -0.25) is 9.59 Å². The third-order valence-electron chi connectivity index (χ3n) is 4.30. The number of carboxylic acid groups (broad SMARTS) is 1. The summed E-state index contributed by atoms with van der Waals surface area (Å²) in [4.78, 5) is 29.6. The van der Waals surface area contributed by atoms with Gasteiger partial charge in [-0.05, 0) is 39.0 Å². The van der Waals surface area contributed by atoms with Gasteiger partial charge in [0, 0.05) is 31.5 Å². The number of likely N-dealkylation sites (tertiary alicyclic amines) is 1. The Hall–Kier alpha value is -1.47. The van der Waals surface area contributed by atoms with Crippen LogP contribution in [0.3, 0.4) is 0 Å². The molecule has 1 aromatic heterocycles. The van der Waals surface area contributed by atoms with E-state index in [0.29, 0.717) is 31.9 Å². The number of nitrogens with zero attached hydrogens (tertiary/aromatic N) is 2. The van der Waals surface area contributed by atoms with Gasteiger partial charge in [0.1, 0.15) is 11.1 Å². The highest BCUT2D eigenvalue weighted by Crippen LogP contribution is 2.24. The predicted octanol–water partition coefficient (Wildman–Crippen LogP) is 2.89. The topological polar surface area (TPSA) is 79.7 Å². The minimum Gasteiger partial charge on any atom is -0.481 e. The maximum Gasteiger partial charge on any atom is 0.303 e. The average molecular weight is 354 g/mol. The Bertz CT molecular complexity index is 561. The summed E-state index contributed by atoms with van der Waals surface area (Å²) in [5.74, 6) is -0.393. The molecule has 1 amide bonds. The fraction of sp³-hybridized carbons (Fsp3) is 0.706. The monoisotopic (exact) mass is 354 g/mol. The minimum atomic E-state index is -0.767. The van der Waals surface area contributed by atoms with Gasteiger partial charge in [0.25, 0.3) is 0 Å². The van der Waals surface area contributed by atoms with Crippen molar-refractivity contribution in [3.8, 4) is 0 Å². The van der Waals surface area contributed by atoms with E-state index in [-0.39, 0.29) is 18.4 Å². The largest absolute Gasteiger partial charge is 0.481 e. The number of hydrogen-bond acceptors (Lipinski definition) is 5. The fourth-order valence-electron chi connectivity index (χ4n) is 3.03. The van der Waals surface area contributed by atoms with Crippen molar-refractivity contribution in [1.29, 1.82) is 0 Å². The number of ether oxygens (including phenoxy) is 1. The summed E-state index contributed by atoms with van der Waals surface area (Å²) >= 11 is 1.53. The van der Waals surface area contributed by atoms with Gasteiger partial charge in [0.05, 0.1) is 12.1 Å². The molecule has 7 heteroatoms. The first-order valence-electron chi connectivity index (χ1n) is 8.55. The molecule has 0 bridgehead atoms. The van der Waals surface area contributed by atoms with Crippen molar-refractivity contribution >= 4 is 23.2 Å². The molecule has 1 N–H and O–H groups in total. The number of hydrogen-bond donors (Lipinski definition) is 1. The Balaban J connectivity index is 1.86. The van der Waals surface area contributed by atoms with E-state index in [2.05, 4.69) is 4.98 Å². The van der Waals surface area contributed by atoms with E-state index in [1.54, 1.807) is 0 Å². The number of aliphatic carboxylic acids is 1. The maximum atomic E-state index is 12.5. The molecule has 1 saturated heterocycles. The van der Waals surface area contributed by atoms with Gasteiger partial charge in [-0.2, -0.15) is 0 Å². The van der Waals surface area contributed by atoms with E-state index < -0.39 is 5.97 Å². The second-order valence-electron chi connectivity index (χ2n) is 6.23. The lowest BCUT2D eigenvalue weighted by Gasteiger charge is -2.32. The zero-order valence-corrected chi connectivity index (χ0v) is 15.2. The lowest BCUT2D eigenvalue weighted by atomic mass is 9.93. The second-order valence-corrected chi connectivity index (χ2v) is 7.12. The molecule has 2 atom stereocenters. The van der Waals surface area contributed by atoms with Gasteiger partial charge in [-0.25, -0.2) is 4.98 Å². The van der Waals surface area contributed by atoms with Crippen molar-refractivity contribution in [1.82, 2.24) is 9.88 Å². The van der Waals surface area contributed by atoms with Crippen LogP contribution in [0.2, 0.25) is 0 Å². The van der Waals surface area contributed by atoms with Crippen LogP contribution in [0.25, 0.3) is 0 Å². The van der Waals surface area contributed by atoms with Gasteiger partial charge in [-0.1, -0.05) is 0 Å². The molecule has 1 aromatic rings. The average Bonchev–Trinajstić information content (AvgIpc) is 3.02. The van der Waals surface area contributed by atoms with Crippen LogP contribution >= 0.6 is 11.3 Å². The second kappa shape index (κ2) is 9.13. The highest BCUT2D eigenvalue weighted by Gasteiger charge is 2.24. The summed E-state index contributed by atoms with van der Waals surface area (Å²) < 4.78 is 5.53. The molecule has 0 aliphatic carbocycles. The molecule has 24 heavy (non-hydrogen) atoms. The molecule has 2 rings (SSSR count). The van der Waals surface area contributed by atoms with E-state index in [4.69, 9.17) is 9.84 Å². The Morgan fingerprint density at radius 1 is 1.54 bits per heavy atom. The smallest absolute Gasteiger partial charge is 0.303 e. The minimum absolute atomic E-state index is 0.0424. The van der Waals surface area contributed by atoms with Gasteiger partial charge in [0.2, 0.25) is 5.91 Å². The molecular formula is C17H26N2O4S. The molecule has 1 fully saturated rings. The molecule has 134 valence electrons. The van der Waals surface area contributed by atoms with Crippen molar-refractivity contribution in [2.75, 3.05) is 19.7 Å². The standard InChI is InChI=1S/C17H26N2O4S/c1-3-23-12(2)17-18-14(11-24-17)9-15(20)19-8-4-5-13(10-19)6-7-16(21)22/h11-13H,3-10H2,1-2H3,(H,21,22)/t12-,13+/m0/s1. The third kappa shape index (κ3) is 5.56. The number of carbonyl (C=O) groups excluding carboxylic acids is 1.